The van der Waals surface area contributed by atoms with Crippen LogP contribution in [-0.2, 0) is 22.6 Å². The van der Waals surface area contributed by atoms with Crippen molar-refractivity contribution in [3.63, 3.8) is 0 Å². The Balaban J connectivity index is 2.50. The van der Waals surface area contributed by atoms with Gasteiger partial charge in [-0.2, -0.15) is 0 Å². The van der Waals surface area contributed by atoms with Gasteiger partial charge in [-0.1, -0.05) is 5.21 Å². The van der Waals surface area contributed by atoms with Crippen LogP contribution in [0.15, 0.2) is 6.20 Å². The van der Waals surface area contributed by atoms with E-state index in [9.17, 15) is 9.59 Å². The third-order valence-electron chi connectivity index (χ3n) is 1.48. The second kappa shape index (κ2) is 4.35. The summed E-state index contributed by atoms with van der Waals surface area (Å²) in [5.41, 5.74) is 0.480. The predicted octanol–water partition coefficient (Wildman–Crippen LogP) is -0.620. The zero-order valence-corrected chi connectivity index (χ0v) is 7.25. The van der Waals surface area contributed by atoms with Gasteiger partial charge in [0.2, 0.25) is 0 Å². The molecule has 76 valence electrons. The molecule has 0 bridgehead atoms. The normalized spacial score (nSPS) is 10.0. The smallest absolute Gasteiger partial charge is 0.325 e. The van der Waals surface area contributed by atoms with E-state index in [0.717, 1.165) is 4.68 Å². The monoisotopic (exact) mass is 199 g/mol. The standard InChI is InChI=1S/C7H9N3O4/c11-6(12)2-1-5-3-10(9-8-5)4-7(13)14/h3H,1-2,4H2,(H,11,12)(H,13,14). The molecule has 1 aromatic rings. The van der Waals surface area contributed by atoms with E-state index in [1.54, 1.807) is 0 Å². The summed E-state index contributed by atoms with van der Waals surface area (Å²) in [6.07, 6.45) is 1.65. The number of carboxylic acid groups (broad SMARTS) is 2. The minimum Gasteiger partial charge on any atom is -0.481 e. The Bertz CT molecular complexity index is 346. The van der Waals surface area contributed by atoms with E-state index in [2.05, 4.69) is 10.3 Å². The van der Waals surface area contributed by atoms with Crippen molar-refractivity contribution in [1.29, 1.82) is 0 Å². The van der Waals surface area contributed by atoms with E-state index in [1.807, 2.05) is 0 Å². The fourth-order valence-electron chi connectivity index (χ4n) is 0.904. The van der Waals surface area contributed by atoms with Crippen LogP contribution in [0.4, 0.5) is 0 Å². The largest absolute Gasteiger partial charge is 0.481 e. The van der Waals surface area contributed by atoms with Crippen LogP contribution in [-0.4, -0.2) is 37.1 Å². The molecule has 7 nitrogen and oxygen atoms in total. The van der Waals surface area contributed by atoms with Crippen molar-refractivity contribution in [2.24, 2.45) is 0 Å². The number of aliphatic carboxylic acids is 2. The second-order valence-corrected chi connectivity index (χ2v) is 2.69. The highest BCUT2D eigenvalue weighted by Crippen LogP contribution is 1.97. The van der Waals surface area contributed by atoms with Crippen molar-refractivity contribution in [2.45, 2.75) is 19.4 Å². The molecule has 0 aliphatic carbocycles. The lowest BCUT2D eigenvalue weighted by molar-refractivity contribution is -0.138. The van der Waals surface area contributed by atoms with Gasteiger partial charge in [-0.15, -0.1) is 5.10 Å². The van der Waals surface area contributed by atoms with Gasteiger partial charge in [-0.05, 0) is 0 Å². The molecular weight excluding hydrogens is 190 g/mol. The van der Waals surface area contributed by atoms with Crippen molar-refractivity contribution in [2.75, 3.05) is 0 Å². The van der Waals surface area contributed by atoms with E-state index in [4.69, 9.17) is 10.2 Å². The van der Waals surface area contributed by atoms with Crippen LogP contribution >= 0.6 is 0 Å². The van der Waals surface area contributed by atoms with Gasteiger partial charge in [-0.25, -0.2) is 4.68 Å². The number of hydrogen-bond donors (Lipinski definition) is 2. The molecule has 0 fully saturated rings. The van der Waals surface area contributed by atoms with Gasteiger partial charge in [0.05, 0.1) is 12.1 Å². The zero-order valence-electron chi connectivity index (χ0n) is 7.25. The van der Waals surface area contributed by atoms with Crippen LogP contribution in [0.1, 0.15) is 12.1 Å². The summed E-state index contributed by atoms with van der Waals surface area (Å²) in [5, 5.41) is 23.9. The maximum atomic E-state index is 10.3. The van der Waals surface area contributed by atoms with Gasteiger partial charge >= 0.3 is 11.9 Å². The summed E-state index contributed by atoms with van der Waals surface area (Å²) in [7, 11) is 0. The first-order valence-corrected chi connectivity index (χ1v) is 3.90. The highest BCUT2D eigenvalue weighted by molar-refractivity contribution is 5.67. The van der Waals surface area contributed by atoms with E-state index in [0.29, 0.717) is 5.69 Å². The lowest BCUT2D eigenvalue weighted by atomic mass is 10.2. The minimum atomic E-state index is -1.01. The molecule has 0 saturated heterocycles. The molecule has 0 amide bonds. The number of carbonyl (C=O) groups is 2. The maximum Gasteiger partial charge on any atom is 0.325 e. The molecule has 0 saturated carbocycles. The molecule has 7 heteroatoms. The van der Waals surface area contributed by atoms with Gasteiger partial charge in [0.1, 0.15) is 6.54 Å². The van der Waals surface area contributed by atoms with Crippen molar-refractivity contribution in [1.82, 2.24) is 15.0 Å². The Morgan fingerprint density at radius 2 is 2.07 bits per heavy atom. The molecule has 0 spiro atoms. The van der Waals surface area contributed by atoms with E-state index in [-0.39, 0.29) is 19.4 Å². The van der Waals surface area contributed by atoms with E-state index < -0.39 is 11.9 Å². The molecule has 0 aliphatic rings. The second-order valence-electron chi connectivity index (χ2n) is 2.69. The molecule has 2 N–H and O–H groups in total. The van der Waals surface area contributed by atoms with E-state index >= 15 is 0 Å². The van der Waals surface area contributed by atoms with Crippen molar-refractivity contribution in [3.8, 4) is 0 Å². The minimum absolute atomic E-state index is 0.0359. The lowest BCUT2D eigenvalue weighted by Gasteiger charge is -1.91. The van der Waals surface area contributed by atoms with Crippen LogP contribution in [0.3, 0.4) is 0 Å². The van der Waals surface area contributed by atoms with Crippen LogP contribution in [0.25, 0.3) is 0 Å². The fraction of sp³-hybridized carbons (Fsp3) is 0.429. The third kappa shape index (κ3) is 3.21. The van der Waals surface area contributed by atoms with Crippen molar-refractivity contribution < 1.29 is 19.8 Å². The summed E-state index contributed by atoms with van der Waals surface area (Å²) in [6.45, 7) is -0.264. The van der Waals surface area contributed by atoms with Crippen molar-refractivity contribution >= 4 is 11.9 Å². The van der Waals surface area contributed by atoms with Gasteiger partial charge in [-0.3, -0.25) is 9.59 Å². The van der Waals surface area contributed by atoms with Crippen LogP contribution in [0.2, 0.25) is 0 Å². The molecule has 0 radical (unpaired) electrons. The molecule has 0 unspecified atom stereocenters. The summed E-state index contributed by atoms with van der Waals surface area (Å²) < 4.78 is 1.15. The number of aromatic nitrogens is 3. The average molecular weight is 199 g/mol. The lowest BCUT2D eigenvalue weighted by Crippen LogP contribution is -2.08. The third-order valence-corrected chi connectivity index (χ3v) is 1.48. The number of rotatable bonds is 5. The molecule has 1 heterocycles. The van der Waals surface area contributed by atoms with Gasteiger partial charge < -0.3 is 10.2 Å². The molecule has 1 rings (SSSR count). The average Bonchev–Trinajstić information content (AvgIpc) is 2.47. The Morgan fingerprint density at radius 3 is 2.64 bits per heavy atom. The summed E-state index contributed by atoms with van der Waals surface area (Å²) >= 11 is 0. The molecule has 14 heavy (non-hydrogen) atoms. The highest BCUT2D eigenvalue weighted by atomic mass is 16.4. The summed E-state index contributed by atoms with van der Waals surface area (Å²) in [6, 6.07) is 0. The van der Waals surface area contributed by atoms with E-state index in [1.165, 1.54) is 6.20 Å². The number of aryl methyl sites for hydroxylation is 1. The van der Waals surface area contributed by atoms with Crippen molar-refractivity contribution in [3.05, 3.63) is 11.9 Å². The Kier molecular flexibility index (Phi) is 3.16. The molecule has 0 aromatic carbocycles. The Morgan fingerprint density at radius 1 is 1.36 bits per heavy atom. The topological polar surface area (TPSA) is 105 Å². The first-order chi connectivity index (χ1) is 6.58. The SMILES string of the molecule is O=C(O)CCc1cn(CC(=O)O)nn1. The predicted molar refractivity (Wildman–Crippen MR) is 43.6 cm³/mol. The number of carboxylic acids is 2. The first-order valence-electron chi connectivity index (χ1n) is 3.90. The molecular formula is C7H9N3O4. The highest BCUT2D eigenvalue weighted by Gasteiger charge is 2.05. The van der Waals surface area contributed by atoms with Gasteiger partial charge in [0, 0.05) is 12.6 Å². The first kappa shape index (κ1) is 10.2. The number of nitrogens with zero attached hydrogens (tertiary/aromatic N) is 3. The fourth-order valence-corrected chi connectivity index (χ4v) is 0.904. The molecule has 0 atom stereocenters. The van der Waals surface area contributed by atoms with Gasteiger partial charge in [0.15, 0.2) is 0 Å². The molecule has 1 aromatic heterocycles. The zero-order chi connectivity index (χ0) is 10.6. The summed E-state index contributed by atoms with van der Waals surface area (Å²) in [4.78, 5) is 20.5. The number of hydrogen-bond acceptors (Lipinski definition) is 4. The van der Waals surface area contributed by atoms with Crippen LogP contribution in [0.5, 0.6) is 0 Å². The molecule has 0 aliphatic heterocycles. The maximum absolute atomic E-state index is 10.3. The Labute approximate surface area is 79.0 Å². The summed E-state index contributed by atoms with van der Waals surface area (Å²) in [5.74, 6) is -1.93. The van der Waals surface area contributed by atoms with Gasteiger partial charge in [0.25, 0.3) is 0 Å². The Hall–Kier alpha value is -1.92. The van der Waals surface area contributed by atoms with Crippen LogP contribution < -0.4 is 0 Å². The quantitative estimate of drug-likeness (QED) is 0.654. The van der Waals surface area contributed by atoms with Crippen LogP contribution in [0, 0.1) is 0 Å².